The molecule has 124 valence electrons. The second-order valence-electron chi connectivity index (χ2n) is 5.16. The molecule has 0 saturated carbocycles. The third kappa shape index (κ3) is 4.45. The average Bonchev–Trinajstić information content (AvgIpc) is 3.02. The Morgan fingerprint density at radius 1 is 1.43 bits per heavy atom. The zero-order valence-electron chi connectivity index (χ0n) is 13.8. The lowest BCUT2D eigenvalue weighted by Gasteiger charge is -2.09. The van der Waals surface area contributed by atoms with Crippen molar-refractivity contribution in [2.45, 2.75) is 37.5 Å². The number of methoxy groups -OCH3 is 1. The maximum Gasteiger partial charge on any atom is 0.261 e. The minimum atomic E-state index is -0.236. The van der Waals surface area contributed by atoms with Crippen LogP contribution >= 0.6 is 23.1 Å². The van der Waals surface area contributed by atoms with E-state index in [1.165, 1.54) is 11.3 Å². The Hall–Kier alpha value is -1.60. The molecule has 23 heavy (non-hydrogen) atoms. The van der Waals surface area contributed by atoms with E-state index < -0.39 is 0 Å². The normalized spacial score (nSPS) is 12.0. The number of nitrogens with one attached hydrogen (secondary N) is 1. The van der Waals surface area contributed by atoms with Crippen molar-refractivity contribution in [1.29, 1.82) is 0 Å². The predicted octanol–water partition coefficient (Wildman–Crippen LogP) is 4.42. The Balaban J connectivity index is 2.13. The fraction of sp³-hybridized carbons (Fsp3) is 0.438. The first-order chi connectivity index (χ1) is 11.1. The minimum Gasteiger partial charge on any atom is -0.496 e. The lowest BCUT2D eigenvalue weighted by atomic mass is 10.1. The molecule has 0 fully saturated rings. The highest BCUT2D eigenvalue weighted by atomic mass is 32.2. The van der Waals surface area contributed by atoms with Crippen molar-refractivity contribution in [3.8, 4) is 5.75 Å². The van der Waals surface area contributed by atoms with Gasteiger partial charge in [-0.1, -0.05) is 31.6 Å². The molecule has 2 aromatic rings. The van der Waals surface area contributed by atoms with Crippen LogP contribution in [-0.4, -0.2) is 29.5 Å². The molecule has 5 nitrogen and oxygen atoms in total. The zero-order chi connectivity index (χ0) is 16.8. The summed E-state index contributed by atoms with van der Waals surface area (Å²) in [5, 5.41) is 12.5. The number of hydrogen-bond donors (Lipinski definition) is 1. The summed E-state index contributed by atoms with van der Waals surface area (Å²) >= 11 is 3.03. The maximum absolute atomic E-state index is 12.4. The average molecular weight is 351 g/mol. The molecule has 0 aliphatic heterocycles. The first kappa shape index (κ1) is 17.7. The summed E-state index contributed by atoms with van der Waals surface area (Å²) in [4.78, 5) is 13.5. The van der Waals surface area contributed by atoms with Crippen LogP contribution in [-0.2, 0) is 0 Å². The number of nitrogens with zero attached hydrogens (tertiary/aromatic N) is 2. The van der Waals surface area contributed by atoms with Crippen LogP contribution in [0, 0.1) is 0 Å². The number of hydrogen-bond acceptors (Lipinski definition) is 6. The molecule has 1 aromatic heterocycles. The van der Waals surface area contributed by atoms with E-state index in [9.17, 15) is 4.79 Å². The quantitative estimate of drug-likeness (QED) is 0.748. The summed E-state index contributed by atoms with van der Waals surface area (Å²) in [5.74, 6) is 0.678. The zero-order valence-corrected chi connectivity index (χ0v) is 15.4. The summed E-state index contributed by atoms with van der Waals surface area (Å²) in [7, 11) is 1.56. The molecule has 1 N–H and O–H groups in total. The van der Waals surface area contributed by atoms with Crippen LogP contribution in [0.25, 0.3) is 0 Å². The van der Waals surface area contributed by atoms with Gasteiger partial charge in [0.15, 0.2) is 0 Å². The summed E-state index contributed by atoms with van der Waals surface area (Å²) in [6.07, 6.45) is 4.14. The molecule has 0 aliphatic rings. The molecule has 0 saturated heterocycles. The molecule has 2 rings (SSSR count). The number of aromatic nitrogens is 2. The molecule has 1 unspecified atom stereocenters. The van der Waals surface area contributed by atoms with Crippen LogP contribution in [0.5, 0.6) is 5.75 Å². The molecule has 0 radical (unpaired) electrons. The van der Waals surface area contributed by atoms with Crippen molar-refractivity contribution in [3.63, 3.8) is 0 Å². The minimum absolute atomic E-state index is 0.236. The van der Waals surface area contributed by atoms with Crippen molar-refractivity contribution in [3.05, 3.63) is 28.8 Å². The number of rotatable bonds is 7. The Morgan fingerprint density at radius 3 is 2.87 bits per heavy atom. The second-order valence-corrected chi connectivity index (χ2v) is 7.04. The van der Waals surface area contributed by atoms with Crippen LogP contribution in [0.15, 0.2) is 23.1 Å². The number of carbonyl (C=O) groups excluding carboxylic acids is 1. The first-order valence-corrected chi connectivity index (χ1v) is 9.49. The van der Waals surface area contributed by atoms with Gasteiger partial charge in [0.1, 0.15) is 10.8 Å². The highest BCUT2D eigenvalue weighted by Crippen LogP contribution is 2.28. The highest BCUT2D eigenvalue weighted by molar-refractivity contribution is 7.98. The van der Waals surface area contributed by atoms with Gasteiger partial charge in [0.25, 0.3) is 5.91 Å². The topological polar surface area (TPSA) is 64.1 Å². The molecular weight excluding hydrogens is 330 g/mol. The summed E-state index contributed by atoms with van der Waals surface area (Å²) < 4.78 is 5.32. The Labute approximate surface area is 144 Å². The van der Waals surface area contributed by atoms with E-state index in [0.29, 0.717) is 22.4 Å². The Bertz CT molecular complexity index is 673. The predicted molar refractivity (Wildman–Crippen MR) is 96.0 cm³/mol. The van der Waals surface area contributed by atoms with Gasteiger partial charge in [-0.05, 0) is 30.9 Å². The summed E-state index contributed by atoms with van der Waals surface area (Å²) in [6.45, 7) is 4.27. The van der Waals surface area contributed by atoms with Crippen LogP contribution in [0.4, 0.5) is 5.13 Å². The van der Waals surface area contributed by atoms with Crippen LogP contribution in [0.3, 0.4) is 0 Å². The van der Waals surface area contributed by atoms with E-state index in [0.717, 1.165) is 22.7 Å². The van der Waals surface area contributed by atoms with Crippen LogP contribution in [0.2, 0.25) is 0 Å². The largest absolute Gasteiger partial charge is 0.496 e. The van der Waals surface area contributed by atoms with Gasteiger partial charge in [-0.25, -0.2) is 0 Å². The number of ether oxygens (including phenoxy) is 1. The van der Waals surface area contributed by atoms with Crippen molar-refractivity contribution in [1.82, 2.24) is 10.2 Å². The van der Waals surface area contributed by atoms with Crippen LogP contribution in [0.1, 0.15) is 48.0 Å². The molecule has 1 heterocycles. The molecule has 1 aromatic carbocycles. The number of benzene rings is 1. The molecular formula is C16H21N3O2S2. The molecule has 0 bridgehead atoms. The van der Waals surface area contributed by atoms with E-state index in [1.807, 2.05) is 18.4 Å². The fourth-order valence-corrected chi connectivity index (χ4v) is 3.44. The first-order valence-electron chi connectivity index (χ1n) is 7.45. The number of amides is 1. The van der Waals surface area contributed by atoms with E-state index in [4.69, 9.17) is 4.74 Å². The van der Waals surface area contributed by atoms with Gasteiger partial charge in [-0.2, -0.15) is 0 Å². The smallest absolute Gasteiger partial charge is 0.261 e. The third-order valence-electron chi connectivity index (χ3n) is 3.46. The number of anilines is 1. The van der Waals surface area contributed by atoms with Gasteiger partial charge in [0, 0.05) is 10.8 Å². The fourth-order valence-electron chi connectivity index (χ4n) is 2.19. The van der Waals surface area contributed by atoms with Crippen molar-refractivity contribution < 1.29 is 9.53 Å². The highest BCUT2D eigenvalue weighted by Gasteiger charge is 2.17. The number of carbonyl (C=O) groups is 1. The van der Waals surface area contributed by atoms with E-state index in [1.54, 1.807) is 24.9 Å². The van der Waals surface area contributed by atoms with Gasteiger partial charge in [0.05, 0.1) is 12.7 Å². The second kappa shape index (κ2) is 8.31. The molecule has 0 spiro atoms. The Kier molecular flexibility index (Phi) is 6.41. The van der Waals surface area contributed by atoms with E-state index in [-0.39, 0.29) is 5.91 Å². The SMILES string of the molecule is CCCC(C)c1nnc(NC(=O)c2ccc(SC)cc2OC)s1. The Morgan fingerprint density at radius 2 is 2.22 bits per heavy atom. The van der Waals surface area contributed by atoms with Crippen molar-refractivity contribution >= 4 is 34.1 Å². The van der Waals surface area contributed by atoms with Gasteiger partial charge < -0.3 is 4.74 Å². The van der Waals surface area contributed by atoms with E-state index in [2.05, 4.69) is 29.4 Å². The van der Waals surface area contributed by atoms with Gasteiger partial charge in [0.2, 0.25) is 5.13 Å². The van der Waals surface area contributed by atoms with Crippen LogP contribution < -0.4 is 10.1 Å². The third-order valence-corrected chi connectivity index (χ3v) is 5.25. The van der Waals surface area contributed by atoms with E-state index >= 15 is 0 Å². The molecule has 1 amide bonds. The summed E-state index contributed by atoms with van der Waals surface area (Å²) in [5.41, 5.74) is 0.489. The lowest BCUT2D eigenvalue weighted by molar-refractivity contribution is 0.102. The van der Waals surface area contributed by atoms with Gasteiger partial charge in [-0.3, -0.25) is 10.1 Å². The summed E-state index contributed by atoms with van der Waals surface area (Å²) in [6, 6.07) is 5.52. The molecule has 7 heteroatoms. The van der Waals surface area contributed by atoms with Gasteiger partial charge in [-0.15, -0.1) is 22.0 Å². The lowest BCUT2D eigenvalue weighted by Crippen LogP contribution is -2.13. The maximum atomic E-state index is 12.4. The monoisotopic (exact) mass is 351 g/mol. The molecule has 1 atom stereocenters. The molecule has 0 aliphatic carbocycles. The van der Waals surface area contributed by atoms with Crippen molar-refractivity contribution in [2.24, 2.45) is 0 Å². The van der Waals surface area contributed by atoms with Gasteiger partial charge >= 0.3 is 0 Å². The standard InChI is InChI=1S/C16H21N3O2S2/c1-5-6-10(2)15-18-19-16(23-15)17-14(20)12-8-7-11(22-4)9-13(12)21-3/h7-10H,5-6H2,1-4H3,(H,17,19,20). The number of thioether (sulfide) groups is 1. The van der Waals surface area contributed by atoms with Crippen molar-refractivity contribution in [2.75, 3.05) is 18.7 Å².